The Kier molecular flexibility index (Phi) is 6.63. The van der Waals surface area contributed by atoms with Crippen LogP contribution in [0.5, 0.6) is 0 Å². The molecule has 0 aliphatic carbocycles. The van der Waals surface area contributed by atoms with Crippen LogP contribution in [0.2, 0.25) is 10.0 Å². The third-order valence-electron chi connectivity index (χ3n) is 3.22. The van der Waals surface area contributed by atoms with Crippen molar-refractivity contribution in [1.29, 1.82) is 0 Å². The van der Waals surface area contributed by atoms with Gasteiger partial charge in [-0.2, -0.15) is 0 Å². The molecule has 0 atom stereocenters. The summed E-state index contributed by atoms with van der Waals surface area (Å²) >= 11 is 12.5. The van der Waals surface area contributed by atoms with Crippen molar-refractivity contribution in [2.45, 2.75) is 0 Å². The van der Waals surface area contributed by atoms with Gasteiger partial charge in [-0.1, -0.05) is 0 Å². The van der Waals surface area contributed by atoms with E-state index in [-0.39, 0.29) is 29.9 Å². The molecule has 0 radical (unpaired) electrons. The normalized spacial score (nSPS) is 11.5. The van der Waals surface area contributed by atoms with Gasteiger partial charge in [-0.3, -0.25) is 0 Å². The van der Waals surface area contributed by atoms with Gasteiger partial charge < -0.3 is 0 Å². The van der Waals surface area contributed by atoms with Gasteiger partial charge in [-0.15, -0.1) is 0 Å². The van der Waals surface area contributed by atoms with Crippen molar-refractivity contribution in [3.05, 3.63) is 99.4 Å². The minimum atomic E-state index is 0.250. The molecule has 0 saturated carbocycles. The van der Waals surface area contributed by atoms with Gasteiger partial charge in [0.2, 0.25) is 0 Å². The van der Waals surface area contributed by atoms with Gasteiger partial charge in [0.25, 0.3) is 0 Å². The van der Waals surface area contributed by atoms with Crippen LogP contribution >= 0.6 is 23.2 Å². The SMILES string of the molecule is Clc1ccc([Se]/C=C(/[Se]c2ccc(Cl)cc2)c2ccccc2)cc1. The summed E-state index contributed by atoms with van der Waals surface area (Å²) in [5, 5.41) is 1.57. The molecular weight excluding hydrogens is 469 g/mol. The fraction of sp³-hybridized carbons (Fsp3) is 0. The molecule has 0 aromatic heterocycles. The van der Waals surface area contributed by atoms with Crippen LogP contribution in [0.15, 0.2) is 83.8 Å². The molecule has 3 aromatic rings. The summed E-state index contributed by atoms with van der Waals surface area (Å²) in [6, 6.07) is 26.9. The maximum absolute atomic E-state index is 6.00. The molecule has 0 heterocycles. The van der Waals surface area contributed by atoms with Crippen LogP contribution in [-0.4, -0.2) is 29.9 Å². The fourth-order valence-corrected chi connectivity index (χ4v) is 6.47. The summed E-state index contributed by atoms with van der Waals surface area (Å²) in [5.74, 6) is 0. The van der Waals surface area contributed by atoms with Crippen molar-refractivity contribution >= 4 is 66.5 Å². The van der Waals surface area contributed by atoms with E-state index >= 15 is 0 Å². The van der Waals surface area contributed by atoms with Crippen molar-refractivity contribution in [2.75, 3.05) is 0 Å². The number of benzene rings is 3. The fourth-order valence-electron chi connectivity index (χ4n) is 2.02. The molecule has 0 spiro atoms. The second-order valence-electron chi connectivity index (χ2n) is 4.98. The van der Waals surface area contributed by atoms with Crippen molar-refractivity contribution in [3.8, 4) is 0 Å². The van der Waals surface area contributed by atoms with E-state index in [1.807, 2.05) is 24.3 Å². The molecular formula is C20H14Cl2Se2. The molecule has 3 aromatic carbocycles. The van der Waals surface area contributed by atoms with Crippen LogP contribution in [0.1, 0.15) is 5.56 Å². The van der Waals surface area contributed by atoms with Crippen molar-refractivity contribution < 1.29 is 0 Å². The average molecular weight is 483 g/mol. The Hall–Kier alpha value is -0.981. The molecule has 0 amide bonds. The first kappa shape index (κ1) is 17.8. The third-order valence-corrected chi connectivity index (χ3v) is 8.63. The number of rotatable bonds is 5. The molecule has 24 heavy (non-hydrogen) atoms. The zero-order valence-electron chi connectivity index (χ0n) is 12.7. The van der Waals surface area contributed by atoms with Gasteiger partial charge in [0.05, 0.1) is 0 Å². The van der Waals surface area contributed by atoms with E-state index in [4.69, 9.17) is 23.2 Å². The molecule has 0 fully saturated rings. The Morgan fingerprint density at radius 3 is 1.79 bits per heavy atom. The monoisotopic (exact) mass is 484 g/mol. The van der Waals surface area contributed by atoms with Crippen LogP contribution in [0.3, 0.4) is 0 Å². The van der Waals surface area contributed by atoms with Gasteiger partial charge in [0.1, 0.15) is 0 Å². The standard InChI is InChI=1S/C20H14Cl2Se2/c21-16-6-10-18(11-7-16)23-14-20(15-4-2-1-3-5-15)24-19-12-8-17(22)9-13-19/h1-14H/b20-14+. The van der Waals surface area contributed by atoms with Crippen LogP contribution < -0.4 is 8.92 Å². The molecule has 0 aliphatic heterocycles. The topological polar surface area (TPSA) is 0 Å². The maximum atomic E-state index is 6.00. The van der Waals surface area contributed by atoms with Gasteiger partial charge >= 0.3 is 166 Å². The number of hydrogen-bond donors (Lipinski definition) is 0. The number of halogens is 2. The van der Waals surface area contributed by atoms with Crippen LogP contribution in [0, 0.1) is 0 Å². The third kappa shape index (κ3) is 5.26. The summed E-state index contributed by atoms with van der Waals surface area (Å²) in [6.45, 7) is 0. The van der Waals surface area contributed by atoms with Gasteiger partial charge in [0, 0.05) is 0 Å². The molecule has 120 valence electrons. The summed E-state index contributed by atoms with van der Waals surface area (Å²) < 4.78 is 4.06. The van der Waals surface area contributed by atoms with E-state index < -0.39 is 0 Å². The zero-order chi connectivity index (χ0) is 16.8. The molecule has 0 aliphatic rings. The van der Waals surface area contributed by atoms with Crippen LogP contribution in [-0.2, 0) is 0 Å². The Labute approximate surface area is 165 Å². The summed E-state index contributed by atoms with van der Waals surface area (Å²) in [7, 11) is 0. The number of hydrogen-bond acceptors (Lipinski definition) is 0. The first-order valence-electron chi connectivity index (χ1n) is 7.32. The first-order valence-corrected chi connectivity index (χ1v) is 11.6. The molecule has 4 heteroatoms. The predicted octanol–water partition coefficient (Wildman–Crippen LogP) is 4.35. The molecule has 0 unspecified atom stereocenters. The van der Waals surface area contributed by atoms with Crippen LogP contribution in [0.4, 0.5) is 0 Å². The van der Waals surface area contributed by atoms with Gasteiger partial charge in [-0.25, -0.2) is 0 Å². The van der Waals surface area contributed by atoms with Crippen molar-refractivity contribution in [2.24, 2.45) is 0 Å². The average Bonchev–Trinajstić information content (AvgIpc) is 2.62. The zero-order valence-corrected chi connectivity index (χ0v) is 17.6. The minimum absolute atomic E-state index is 0.250. The molecule has 0 N–H and O–H groups in total. The van der Waals surface area contributed by atoms with Gasteiger partial charge in [0.15, 0.2) is 0 Å². The molecule has 3 rings (SSSR count). The van der Waals surface area contributed by atoms with E-state index in [1.165, 1.54) is 19.0 Å². The molecule has 0 saturated heterocycles. The second kappa shape index (κ2) is 8.92. The van der Waals surface area contributed by atoms with E-state index in [1.54, 1.807) is 0 Å². The Bertz CT molecular complexity index is 811. The Balaban J connectivity index is 1.85. The van der Waals surface area contributed by atoms with Crippen molar-refractivity contribution in [1.82, 2.24) is 0 Å². The Morgan fingerprint density at radius 1 is 0.667 bits per heavy atom. The first-order chi connectivity index (χ1) is 11.7. The summed E-state index contributed by atoms with van der Waals surface area (Å²) in [4.78, 5) is 2.39. The van der Waals surface area contributed by atoms with Crippen molar-refractivity contribution in [3.63, 3.8) is 0 Å². The van der Waals surface area contributed by atoms with Gasteiger partial charge in [-0.05, 0) is 0 Å². The Morgan fingerprint density at radius 2 is 1.21 bits per heavy atom. The summed E-state index contributed by atoms with van der Waals surface area (Å²) in [6.07, 6.45) is 0. The van der Waals surface area contributed by atoms with Crippen LogP contribution in [0.25, 0.3) is 4.47 Å². The quantitative estimate of drug-likeness (QED) is 0.474. The second-order valence-corrected chi connectivity index (χ2v) is 10.2. The van der Waals surface area contributed by atoms with E-state index in [0.717, 1.165) is 10.0 Å². The van der Waals surface area contributed by atoms with E-state index in [9.17, 15) is 0 Å². The van der Waals surface area contributed by atoms with E-state index in [0.29, 0.717) is 0 Å². The van der Waals surface area contributed by atoms with E-state index in [2.05, 4.69) is 59.6 Å². The summed E-state index contributed by atoms with van der Waals surface area (Å²) in [5.41, 5.74) is 1.29. The molecule has 0 bridgehead atoms. The molecule has 0 nitrogen and oxygen atoms in total. The predicted molar refractivity (Wildman–Crippen MR) is 108 cm³/mol.